The zero-order valence-corrected chi connectivity index (χ0v) is 40.8. The van der Waals surface area contributed by atoms with Crippen LogP contribution in [0.2, 0.25) is 0 Å². The SMILES string of the molecule is CN/C(=C(\CO)C(C)O)C(O)OCCOCCNC(=O)C(Cc1ccc(CNC=O)cc1)N(CC(=O)NCCOCCOC(O)NC(C)=O)CC(=O)NCCOCCOC1OC(CO)C(O)C(O)C1NC=O. The van der Waals surface area contributed by atoms with Gasteiger partial charge in [-0.3, -0.25) is 33.7 Å². The summed E-state index contributed by atoms with van der Waals surface area (Å²) in [4.78, 5) is 75.3. The van der Waals surface area contributed by atoms with E-state index in [1.807, 2.05) is 0 Å². The first-order chi connectivity index (χ1) is 34.6. The fourth-order valence-electron chi connectivity index (χ4n) is 6.84. The van der Waals surface area contributed by atoms with Crippen LogP contribution in [0.25, 0.3) is 0 Å². The molecule has 0 saturated carbocycles. The fraction of sp³-hybridized carbons (Fsp3) is 0.682. The van der Waals surface area contributed by atoms with Crippen molar-refractivity contribution in [3.8, 4) is 0 Å². The molecule has 1 fully saturated rings. The van der Waals surface area contributed by atoms with Gasteiger partial charge in [0, 0.05) is 45.7 Å². The maximum atomic E-state index is 14.1. The van der Waals surface area contributed by atoms with Crippen molar-refractivity contribution >= 4 is 36.4 Å². The van der Waals surface area contributed by atoms with E-state index >= 15 is 0 Å². The Morgan fingerprint density at radius 3 is 1.86 bits per heavy atom. The average molecular weight is 1040 g/mol. The summed E-state index contributed by atoms with van der Waals surface area (Å²) in [6.45, 7) is 0.492. The summed E-state index contributed by atoms with van der Waals surface area (Å²) >= 11 is 0. The number of carbonyl (C=O) groups excluding carboxylic acids is 6. The van der Waals surface area contributed by atoms with Crippen LogP contribution in [0.15, 0.2) is 35.5 Å². The number of hydrogen-bond donors (Lipinski definition) is 14. The lowest BCUT2D eigenvalue weighted by Gasteiger charge is -2.41. The van der Waals surface area contributed by atoms with Gasteiger partial charge < -0.3 is 106 Å². The molecule has 0 bridgehead atoms. The number of carbonyl (C=O) groups is 6. The molecule has 0 radical (unpaired) electrons. The van der Waals surface area contributed by atoms with E-state index in [2.05, 4.69) is 37.2 Å². The summed E-state index contributed by atoms with van der Waals surface area (Å²) in [5.74, 6) is -2.21. The van der Waals surface area contributed by atoms with E-state index in [4.69, 9.17) is 33.2 Å². The lowest BCUT2D eigenvalue weighted by molar-refractivity contribution is -0.271. The number of nitrogens with one attached hydrogen (secondary N) is 7. The molecule has 6 amide bonds. The van der Waals surface area contributed by atoms with Crippen molar-refractivity contribution in [2.45, 2.75) is 82.3 Å². The lowest BCUT2D eigenvalue weighted by Crippen LogP contribution is -2.63. The largest absolute Gasteiger partial charge is 0.394 e. The molecule has 28 heteroatoms. The third kappa shape index (κ3) is 24.6. The Morgan fingerprint density at radius 2 is 1.33 bits per heavy atom. The maximum absolute atomic E-state index is 14.1. The quantitative estimate of drug-likeness (QED) is 0.0165. The van der Waals surface area contributed by atoms with Crippen LogP contribution in [0.3, 0.4) is 0 Å². The molecule has 9 atom stereocenters. The summed E-state index contributed by atoms with van der Waals surface area (Å²) in [6.07, 6.45) is -8.56. The molecule has 0 aliphatic carbocycles. The number of likely N-dealkylation sites (N-methyl/N-ethyl adjacent to an activating group) is 1. The van der Waals surface area contributed by atoms with Gasteiger partial charge >= 0.3 is 0 Å². The van der Waals surface area contributed by atoms with Crippen molar-refractivity contribution in [3.05, 3.63) is 46.7 Å². The van der Waals surface area contributed by atoms with Crippen molar-refractivity contribution in [2.24, 2.45) is 0 Å². The molecule has 1 aromatic rings. The molecule has 1 aromatic carbocycles. The molecule has 14 N–H and O–H groups in total. The minimum Gasteiger partial charge on any atom is -0.394 e. The second-order valence-electron chi connectivity index (χ2n) is 15.8. The van der Waals surface area contributed by atoms with Crippen LogP contribution >= 0.6 is 0 Å². The van der Waals surface area contributed by atoms with Gasteiger partial charge in [-0.15, -0.1) is 0 Å². The van der Waals surface area contributed by atoms with Gasteiger partial charge in [0.2, 0.25) is 42.9 Å². The standard InChI is InChI=1S/C44H74N8O20/c1-28(57)32(24-53)37(45-3)42(64)69-17-14-68-13-10-49-41(63)33(20-30-4-6-31(7-5-30)21-46-26-55)52(23-36(60)48-9-12-67-16-19-71-44(65)51-29(2)58)22-35(59)47-8-11-66-15-18-70-43-38(50-27-56)40(62)39(61)34(25-54)72-43/h4-7,26-28,33-34,38-40,42-45,53-54,57,61-62,64-65H,8-25H2,1-3H3,(H,46,55)(H,47,59)(H,48,60)(H,49,63)(H,50,56)(H,51,58)/b37-32+. The van der Waals surface area contributed by atoms with Gasteiger partial charge in [0.25, 0.3) is 0 Å². The highest BCUT2D eigenvalue weighted by molar-refractivity contribution is 5.86. The Labute approximate surface area is 417 Å². The molecule has 2 rings (SSSR count). The molecule has 72 heavy (non-hydrogen) atoms. The Balaban J connectivity index is 2.13. The predicted molar refractivity (Wildman–Crippen MR) is 249 cm³/mol. The number of rotatable bonds is 40. The zero-order valence-electron chi connectivity index (χ0n) is 40.8. The first-order valence-corrected chi connectivity index (χ1v) is 23.1. The average Bonchev–Trinajstić information content (AvgIpc) is 3.34. The van der Waals surface area contributed by atoms with E-state index in [9.17, 15) is 64.5 Å². The van der Waals surface area contributed by atoms with Gasteiger partial charge in [0.1, 0.15) is 24.4 Å². The number of benzene rings is 1. The zero-order chi connectivity index (χ0) is 53.3. The van der Waals surface area contributed by atoms with Crippen molar-refractivity contribution < 1.29 is 97.7 Å². The number of amides is 6. The van der Waals surface area contributed by atoms with Crippen LogP contribution in [0, 0.1) is 0 Å². The van der Waals surface area contributed by atoms with Crippen LogP contribution < -0.4 is 37.2 Å². The van der Waals surface area contributed by atoms with Crippen LogP contribution in [0.1, 0.15) is 25.0 Å². The fourth-order valence-corrected chi connectivity index (χ4v) is 6.84. The van der Waals surface area contributed by atoms with Crippen LogP contribution in [0.5, 0.6) is 0 Å². The smallest absolute Gasteiger partial charge is 0.237 e. The predicted octanol–water partition coefficient (Wildman–Crippen LogP) is -7.28. The molecule has 9 unspecified atom stereocenters. The Hall–Kier alpha value is -5.02. The second kappa shape index (κ2) is 36.8. The molecule has 0 spiro atoms. The van der Waals surface area contributed by atoms with Crippen molar-refractivity contribution in [2.75, 3.05) is 112 Å². The van der Waals surface area contributed by atoms with Gasteiger partial charge in [0.15, 0.2) is 12.6 Å². The van der Waals surface area contributed by atoms with Crippen molar-refractivity contribution in [1.29, 1.82) is 0 Å². The van der Waals surface area contributed by atoms with E-state index in [0.29, 0.717) is 18.4 Å². The molecule has 28 nitrogen and oxygen atoms in total. The lowest BCUT2D eigenvalue weighted by atomic mass is 9.97. The van der Waals surface area contributed by atoms with Gasteiger partial charge in [0.05, 0.1) is 104 Å². The maximum Gasteiger partial charge on any atom is 0.237 e. The number of aliphatic hydroxyl groups is 7. The monoisotopic (exact) mass is 1030 g/mol. The minimum atomic E-state index is -1.52. The number of ether oxygens (including phenoxy) is 7. The second-order valence-corrected chi connectivity index (χ2v) is 15.8. The molecular formula is C44H74N8O20. The Morgan fingerprint density at radius 1 is 0.764 bits per heavy atom. The normalized spacial score (nSPS) is 19.7. The van der Waals surface area contributed by atoms with Crippen molar-refractivity contribution in [3.63, 3.8) is 0 Å². The number of hydrogen-bond acceptors (Lipinski definition) is 22. The Kier molecular flexibility index (Phi) is 32.3. The molecule has 1 heterocycles. The van der Waals surface area contributed by atoms with Crippen LogP contribution in [-0.2, 0) is 74.9 Å². The number of aliphatic hydroxyl groups excluding tert-OH is 7. The van der Waals surface area contributed by atoms with Crippen molar-refractivity contribution in [1.82, 2.24) is 42.1 Å². The molecule has 1 aliphatic heterocycles. The topological polar surface area (TPSA) is 396 Å². The highest BCUT2D eigenvalue weighted by atomic mass is 16.7. The third-order valence-corrected chi connectivity index (χ3v) is 10.5. The van der Waals surface area contributed by atoms with Gasteiger partial charge in [-0.05, 0) is 24.5 Å². The molecule has 1 aliphatic rings. The van der Waals surface area contributed by atoms with Gasteiger partial charge in [-0.2, -0.15) is 0 Å². The van der Waals surface area contributed by atoms with Gasteiger partial charge in [-0.1, -0.05) is 24.3 Å². The first-order valence-electron chi connectivity index (χ1n) is 23.1. The third-order valence-electron chi connectivity index (χ3n) is 10.5. The summed E-state index contributed by atoms with van der Waals surface area (Å²) in [7, 11) is 1.49. The van der Waals surface area contributed by atoms with E-state index in [1.165, 1.54) is 25.8 Å². The highest BCUT2D eigenvalue weighted by Gasteiger charge is 2.44. The molecule has 0 aromatic heterocycles. The summed E-state index contributed by atoms with van der Waals surface area (Å²) in [5, 5.41) is 87.4. The Bertz CT molecular complexity index is 1770. The molecule has 410 valence electrons. The molecule has 1 saturated heterocycles. The van der Waals surface area contributed by atoms with Crippen LogP contribution in [-0.4, -0.2) is 245 Å². The molecular weight excluding hydrogens is 961 g/mol. The van der Waals surface area contributed by atoms with Gasteiger partial charge in [-0.25, -0.2) is 0 Å². The summed E-state index contributed by atoms with van der Waals surface area (Å²) < 4.78 is 38.0. The van der Waals surface area contributed by atoms with E-state index in [1.54, 1.807) is 24.3 Å². The minimum absolute atomic E-state index is 0.0119. The summed E-state index contributed by atoms with van der Waals surface area (Å²) in [5.41, 5.74) is 1.65. The number of nitrogens with zero attached hydrogens (tertiary/aromatic N) is 1. The van der Waals surface area contributed by atoms with E-state index in [0.717, 1.165) is 5.56 Å². The highest BCUT2D eigenvalue weighted by Crippen LogP contribution is 2.22. The first kappa shape index (κ1) is 63.1. The summed E-state index contributed by atoms with van der Waals surface area (Å²) in [6, 6.07) is 4.72. The van der Waals surface area contributed by atoms with E-state index < -0.39 is 105 Å². The van der Waals surface area contributed by atoms with E-state index in [-0.39, 0.29) is 103 Å². The van der Waals surface area contributed by atoms with Crippen LogP contribution in [0.4, 0.5) is 0 Å².